The summed E-state index contributed by atoms with van der Waals surface area (Å²) in [6.07, 6.45) is 1.10. The van der Waals surface area contributed by atoms with Crippen LogP contribution in [0.5, 0.6) is 0 Å². The lowest BCUT2D eigenvalue weighted by atomic mass is 10.1. The number of aryl methyl sites for hydroxylation is 1. The quantitative estimate of drug-likeness (QED) is 0.613. The van der Waals surface area contributed by atoms with Gasteiger partial charge in [0.1, 0.15) is 0 Å². The number of hydrogen-bond acceptors (Lipinski definition) is 3. The standard InChI is InChI=1S/C13H19NO2/c1-10(2)9-16-13(15)7-6-11-4-3-5-12(14)8-11/h3-5,8,10H,6-7,9,14H2,1-2H3. The van der Waals surface area contributed by atoms with Crippen LogP contribution in [-0.4, -0.2) is 12.6 Å². The normalized spacial score (nSPS) is 10.4. The molecule has 0 saturated carbocycles. The van der Waals surface area contributed by atoms with Gasteiger partial charge in [0, 0.05) is 12.1 Å². The zero-order chi connectivity index (χ0) is 12.0. The number of nitrogens with two attached hydrogens (primary N) is 1. The number of carbonyl (C=O) groups excluding carboxylic acids is 1. The molecule has 1 aromatic carbocycles. The van der Waals surface area contributed by atoms with Gasteiger partial charge in [-0.05, 0) is 30.0 Å². The summed E-state index contributed by atoms with van der Waals surface area (Å²) in [5.41, 5.74) is 7.45. The minimum absolute atomic E-state index is 0.142. The summed E-state index contributed by atoms with van der Waals surface area (Å²) in [6.45, 7) is 4.53. The van der Waals surface area contributed by atoms with Crippen LogP contribution in [-0.2, 0) is 16.0 Å². The van der Waals surface area contributed by atoms with Crippen LogP contribution in [0.25, 0.3) is 0 Å². The highest BCUT2D eigenvalue weighted by Gasteiger charge is 2.05. The van der Waals surface area contributed by atoms with E-state index in [1.54, 1.807) is 0 Å². The second-order valence-corrected chi connectivity index (χ2v) is 4.32. The predicted octanol–water partition coefficient (Wildman–Crippen LogP) is 2.40. The molecule has 2 N–H and O–H groups in total. The molecule has 0 unspecified atom stereocenters. The van der Waals surface area contributed by atoms with E-state index in [1.807, 2.05) is 38.1 Å². The van der Waals surface area contributed by atoms with Gasteiger partial charge >= 0.3 is 5.97 Å². The zero-order valence-corrected chi connectivity index (χ0v) is 9.90. The van der Waals surface area contributed by atoms with Gasteiger partial charge in [-0.15, -0.1) is 0 Å². The minimum Gasteiger partial charge on any atom is -0.465 e. The number of esters is 1. The highest BCUT2D eigenvalue weighted by atomic mass is 16.5. The van der Waals surface area contributed by atoms with E-state index in [4.69, 9.17) is 10.5 Å². The molecule has 1 aromatic rings. The van der Waals surface area contributed by atoms with Gasteiger partial charge < -0.3 is 10.5 Å². The Kier molecular flexibility index (Phi) is 4.83. The fourth-order valence-corrected chi connectivity index (χ4v) is 1.33. The number of benzene rings is 1. The fraction of sp³-hybridized carbons (Fsp3) is 0.462. The van der Waals surface area contributed by atoms with Gasteiger partial charge in [0.2, 0.25) is 0 Å². The van der Waals surface area contributed by atoms with Crippen molar-refractivity contribution in [1.82, 2.24) is 0 Å². The number of ether oxygens (including phenoxy) is 1. The molecule has 0 atom stereocenters. The third-order valence-corrected chi connectivity index (χ3v) is 2.15. The first kappa shape index (κ1) is 12.6. The van der Waals surface area contributed by atoms with E-state index >= 15 is 0 Å². The first-order valence-electron chi connectivity index (χ1n) is 5.58. The molecule has 0 radical (unpaired) electrons. The van der Waals surface area contributed by atoms with Crippen molar-refractivity contribution in [2.75, 3.05) is 12.3 Å². The van der Waals surface area contributed by atoms with Crippen LogP contribution in [0, 0.1) is 5.92 Å². The Labute approximate surface area is 96.6 Å². The summed E-state index contributed by atoms with van der Waals surface area (Å²) in [5, 5.41) is 0. The molecule has 0 fully saturated rings. The van der Waals surface area contributed by atoms with Gasteiger partial charge in [-0.1, -0.05) is 26.0 Å². The lowest BCUT2D eigenvalue weighted by Gasteiger charge is -2.07. The summed E-state index contributed by atoms with van der Waals surface area (Å²) < 4.78 is 5.09. The van der Waals surface area contributed by atoms with Crippen molar-refractivity contribution in [3.8, 4) is 0 Å². The second-order valence-electron chi connectivity index (χ2n) is 4.32. The van der Waals surface area contributed by atoms with E-state index < -0.39 is 0 Å². The van der Waals surface area contributed by atoms with Gasteiger partial charge in [-0.2, -0.15) is 0 Å². The lowest BCUT2D eigenvalue weighted by Crippen LogP contribution is -2.10. The summed E-state index contributed by atoms with van der Waals surface area (Å²) in [5.74, 6) is 0.243. The molecule has 3 heteroatoms. The van der Waals surface area contributed by atoms with E-state index in [0.717, 1.165) is 11.3 Å². The molecule has 88 valence electrons. The maximum atomic E-state index is 11.4. The summed E-state index contributed by atoms with van der Waals surface area (Å²) >= 11 is 0. The van der Waals surface area contributed by atoms with Crippen molar-refractivity contribution in [2.24, 2.45) is 5.92 Å². The van der Waals surface area contributed by atoms with Gasteiger partial charge in [0.25, 0.3) is 0 Å². The highest BCUT2D eigenvalue weighted by Crippen LogP contribution is 2.09. The SMILES string of the molecule is CC(C)COC(=O)CCc1cccc(N)c1. The molecule has 0 aliphatic rings. The summed E-state index contributed by atoms with van der Waals surface area (Å²) in [6, 6.07) is 7.58. The molecule has 0 bridgehead atoms. The topological polar surface area (TPSA) is 52.3 Å². The van der Waals surface area contributed by atoms with E-state index in [9.17, 15) is 4.79 Å². The fourth-order valence-electron chi connectivity index (χ4n) is 1.33. The van der Waals surface area contributed by atoms with E-state index in [0.29, 0.717) is 25.4 Å². The van der Waals surface area contributed by atoms with Crippen LogP contribution in [0.1, 0.15) is 25.8 Å². The lowest BCUT2D eigenvalue weighted by molar-refractivity contribution is -0.144. The highest BCUT2D eigenvalue weighted by molar-refractivity contribution is 5.69. The summed E-state index contributed by atoms with van der Waals surface area (Å²) in [7, 11) is 0. The maximum absolute atomic E-state index is 11.4. The van der Waals surface area contributed by atoms with Crippen LogP contribution < -0.4 is 5.73 Å². The number of carbonyl (C=O) groups is 1. The summed E-state index contributed by atoms with van der Waals surface area (Å²) in [4.78, 5) is 11.4. The van der Waals surface area contributed by atoms with Gasteiger partial charge in [0.05, 0.1) is 6.61 Å². The number of nitrogen functional groups attached to an aromatic ring is 1. The Hall–Kier alpha value is -1.51. The van der Waals surface area contributed by atoms with Crippen LogP contribution >= 0.6 is 0 Å². The molecule has 0 saturated heterocycles. The first-order chi connectivity index (χ1) is 7.58. The van der Waals surface area contributed by atoms with Gasteiger partial charge in [-0.3, -0.25) is 4.79 Å². The van der Waals surface area contributed by atoms with E-state index in [2.05, 4.69) is 0 Å². The van der Waals surface area contributed by atoms with Crippen molar-refractivity contribution in [1.29, 1.82) is 0 Å². The average molecular weight is 221 g/mol. The van der Waals surface area contributed by atoms with E-state index in [1.165, 1.54) is 0 Å². The molecule has 16 heavy (non-hydrogen) atoms. The number of anilines is 1. The number of hydrogen-bond donors (Lipinski definition) is 1. The molecule has 0 aliphatic carbocycles. The largest absolute Gasteiger partial charge is 0.465 e. The molecule has 0 aromatic heterocycles. The Bertz CT molecular complexity index is 348. The predicted molar refractivity (Wildman–Crippen MR) is 65.0 cm³/mol. The Morgan fingerprint density at radius 3 is 2.81 bits per heavy atom. The Morgan fingerprint density at radius 2 is 2.19 bits per heavy atom. The minimum atomic E-state index is -0.142. The Morgan fingerprint density at radius 1 is 1.44 bits per heavy atom. The van der Waals surface area contributed by atoms with Crippen molar-refractivity contribution >= 4 is 11.7 Å². The third-order valence-electron chi connectivity index (χ3n) is 2.15. The molecule has 0 heterocycles. The van der Waals surface area contributed by atoms with Crippen LogP contribution in [0.2, 0.25) is 0 Å². The molecule has 1 rings (SSSR count). The van der Waals surface area contributed by atoms with Crippen molar-refractivity contribution in [3.63, 3.8) is 0 Å². The Balaban J connectivity index is 2.31. The molecule has 3 nitrogen and oxygen atoms in total. The molecular formula is C13H19NO2. The average Bonchev–Trinajstić information content (AvgIpc) is 2.23. The van der Waals surface area contributed by atoms with Gasteiger partial charge in [0.15, 0.2) is 0 Å². The zero-order valence-electron chi connectivity index (χ0n) is 9.90. The second kappa shape index (κ2) is 6.16. The monoisotopic (exact) mass is 221 g/mol. The molecule has 0 aliphatic heterocycles. The van der Waals surface area contributed by atoms with Crippen LogP contribution in [0.4, 0.5) is 5.69 Å². The van der Waals surface area contributed by atoms with E-state index in [-0.39, 0.29) is 5.97 Å². The van der Waals surface area contributed by atoms with Crippen molar-refractivity contribution in [2.45, 2.75) is 26.7 Å². The van der Waals surface area contributed by atoms with Crippen molar-refractivity contribution in [3.05, 3.63) is 29.8 Å². The third kappa shape index (κ3) is 4.82. The number of rotatable bonds is 5. The first-order valence-corrected chi connectivity index (χ1v) is 5.58. The molecule has 0 spiro atoms. The van der Waals surface area contributed by atoms with Crippen molar-refractivity contribution < 1.29 is 9.53 Å². The maximum Gasteiger partial charge on any atom is 0.306 e. The smallest absolute Gasteiger partial charge is 0.306 e. The molecular weight excluding hydrogens is 202 g/mol. The van der Waals surface area contributed by atoms with Gasteiger partial charge in [-0.25, -0.2) is 0 Å². The van der Waals surface area contributed by atoms with Crippen LogP contribution in [0.15, 0.2) is 24.3 Å². The molecule has 0 amide bonds. The van der Waals surface area contributed by atoms with Crippen LogP contribution in [0.3, 0.4) is 0 Å².